The Balaban J connectivity index is 0.00000140. The molecule has 4 nitrogen and oxygen atoms in total. The third-order valence-corrected chi connectivity index (χ3v) is 5.49. The Labute approximate surface area is 184 Å². The van der Waals surface area contributed by atoms with E-state index in [0.717, 1.165) is 48.1 Å². The van der Waals surface area contributed by atoms with Gasteiger partial charge < -0.3 is 9.88 Å². The van der Waals surface area contributed by atoms with Crippen LogP contribution >= 0.6 is 36.4 Å². The van der Waals surface area contributed by atoms with Crippen LogP contribution in [0.3, 0.4) is 0 Å². The summed E-state index contributed by atoms with van der Waals surface area (Å²) in [5, 5.41) is 4.16. The molecule has 1 aromatic heterocycles. The highest BCUT2D eigenvalue weighted by molar-refractivity contribution is 6.31. The fraction of sp³-hybridized carbons (Fsp3) is 0.381. The summed E-state index contributed by atoms with van der Waals surface area (Å²) in [4.78, 5) is 7.44. The molecule has 1 aliphatic rings. The minimum atomic E-state index is 0. The van der Waals surface area contributed by atoms with Crippen molar-refractivity contribution in [1.29, 1.82) is 0 Å². The van der Waals surface area contributed by atoms with Crippen molar-refractivity contribution < 1.29 is 0 Å². The first-order valence-electron chi connectivity index (χ1n) is 9.31. The summed E-state index contributed by atoms with van der Waals surface area (Å²) in [7, 11) is 2.06. The zero-order chi connectivity index (χ0) is 17.9. The quantitative estimate of drug-likeness (QED) is 0.619. The molecule has 0 radical (unpaired) electrons. The van der Waals surface area contributed by atoms with Crippen LogP contribution in [0.5, 0.6) is 0 Å². The van der Waals surface area contributed by atoms with Crippen LogP contribution in [0.2, 0.25) is 5.02 Å². The summed E-state index contributed by atoms with van der Waals surface area (Å²) in [6.45, 7) is 3.91. The number of hydrogen-bond donors (Lipinski definition) is 1. The van der Waals surface area contributed by atoms with E-state index in [1.54, 1.807) is 0 Å². The van der Waals surface area contributed by atoms with Crippen molar-refractivity contribution in [3.05, 3.63) is 64.9 Å². The van der Waals surface area contributed by atoms with Gasteiger partial charge in [-0.05, 0) is 50.2 Å². The van der Waals surface area contributed by atoms with Gasteiger partial charge in [0, 0.05) is 24.2 Å². The second-order valence-corrected chi connectivity index (χ2v) is 7.53. The lowest BCUT2D eigenvalue weighted by atomic mass is 10.1. The van der Waals surface area contributed by atoms with Crippen LogP contribution in [-0.2, 0) is 13.1 Å². The molecular weight excluding hydrogens is 415 g/mol. The van der Waals surface area contributed by atoms with Gasteiger partial charge in [-0.2, -0.15) is 0 Å². The second-order valence-electron chi connectivity index (χ2n) is 7.10. The molecule has 1 aliphatic heterocycles. The fourth-order valence-electron chi connectivity index (χ4n) is 3.85. The Bertz CT molecular complexity index is 882. The number of nitrogens with zero attached hydrogens (tertiary/aromatic N) is 3. The summed E-state index contributed by atoms with van der Waals surface area (Å²) >= 11 is 6.20. The molecular formula is C21H27Cl3N4. The third-order valence-electron chi connectivity index (χ3n) is 5.25. The van der Waals surface area contributed by atoms with Gasteiger partial charge in [-0.3, -0.25) is 4.90 Å². The molecule has 1 atom stereocenters. The van der Waals surface area contributed by atoms with Crippen molar-refractivity contribution >= 4 is 47.4 Å². The average molecular weight is 442 g/mol. The molecule has 0 aliphatic carbocycles. The number of hydrogen-bond acceptors (Lipinski definition) is 3. The lowest BCUT2D eigenvalue weighted by Crippen LogP contribution is -2.44. The van der Waals surface area contributed by atoms with Crippen molar-refractivity contribution in [3.63, 3.8) is 0 Å². The highest BCUT2D eigenvalue weighted by Gasteiger charge is 2.21. The molecule has 2 aromatic carbocycles. The monoisotopic (exact) mass is 440 g/mol. The molecule has 28 heavy (non-hydrogen) atoms. The van der Waals surface area contributed by atoms with Gasteiger partial charge in [0.25, 0.3) is 0 Å². The first kappa shape index (κ1) is 23.0. The normalized spacial score (nSPS) is 17.1. The minimum Gasteiger partial charge on any atom is -0.322 e. The first-order valence-corrected chi connectivity index (χ1v) is 9.69. The van der Waals surface area contributed by atoms with Crippen LogP contribution in [0.15, 0.2) is 48.5 Å². The molecule has 0 spiro atoms. The summed E-state index contributed by atoms with van der Waals surface area (Å²) < 4.78 is 2.34. The number of nitrogens with one attached hydrogen (secondary N) is 1. The number of piperidine rings is 1. The number of imidazole rings is 1. The van der Waals surface area contributed by atoms with Crippen LogP contribution < -0.4 is 5.32 Å². The van der Waals surface area contributed by atoms with E-state index in [1.165, 1.54) is 18.4 Å². The van der Waals surface area contributed by atoms with Crippen LogP contribution in [0.4, 0.5) is 0 Å². The molecule has 4 rings (SSSR count). The Morgan fingerprint density at radius 2 is 1.89 bits per heavy atom. The number of benzene rings is 2. The van der Waals surface area contributed by atoms with E-state index in [0.29, 0.717) is 6.04 Å². The molecule has 3 aromatic rings. The Kier molecular flexibility index (Phi) is 8.59. The van der Waals surface area contributed by atoms with Crippen LogP contribution in [0.1, 0.15) is 24.2 Å². The predicted molar refractivity (Wildman–Crippen MR) is 122 cm³/mol. The Morgan fingerprint density at radius 1 is 1.11 bits per heavy atom. The maximum Gasteiger partial charge on any atom is 0.124 e. The Morgan fingerprint density at radius 3 is 2.64 bits per heavy atom. The number of likely N-dealkylation sites (tertiary alicyclic amines) is 1. The van der Waals surface area contributed by atoms with Crippen molar-refractivity contribution in [2.24, 2.45) is 0 Å². The first-order chi connectivity index (χ1) is 12.7. The van der Waals surface area contributed by atoms with E-state index >= 15 is 0 Å². The van der Waals surface area contributed by atoms with Gasteiger partial charge in [0.15, 0.2) is 0 Å². The summed E-state index contributed by atoms with van der Waals surface area (Å²) in [5.41, 5.74) is 3.41. The number of likely N-dealkylation sites (N-methyl/N-ethyl adjacent to an activating group) is 1. The van der Waals surface area contributed by atoms with E-state index in [1.807, 2.05) is 12.1 Å². The minimum absolute atomic E-state index is 0. The Hall–Kier alpha value is -1.30. The van der Waals surface area contributed by atoms with Gasteiger partial charge >= 0.3 is 0 Å². The standard InChI is InChI=1S/C21H25ClN4.2ClH/c1-23-18-8-5-11-25(14-18)15-21-24-19-12-17(22)9-10-20(19)26(21)13-16-6-3-2-4-7-16;;/h2-4,6-7,9-10,12,18,23H,5,8,11,13-15H2,1H3;2*1H. The molecule has 152 valence electrons. The molecule has 1 N–H and O–H groups in total. The van der Waals surface area contributed by atoms with E-state index in [-0.39, 0.29) is 24.8 Å². The van der Waals surface area contributed by atoms with Crippen molar-refractivity contribution in [3.8, 4) is 0 Å². The molecule has 0 saturated carbocycles. The van der Waals surface area contributed by atoms with Crippen molar-refractivity contribution in [1.82, 2.24) is 19.8 Å². The topological polar surface area (TPSA) is 33.1 Å². The zero-order valence-corrected chi connectivity index (χ0v) is 18.4. The predicted octanol–water partition coefficient (Wildman–Crippen LogP) is 4.77. The van der Waals surface area contributed by atoms with Gasteiger partial charge in [-0.1, -0.05) is 41.9 Å². The van der Waals surface area contributed by atoms with Gasteiger partial charge in [0.2, 0.25) is 0 Å². The summed E-state index contributed by atoms with van der Waals surface area (Å²) in [5.74, 6) is 1.11. The highest BCUT2D eigenvalue weighted by Crippen LogP contribution is 2.23. The molecule has 2 heterocycles. The second kappa shape index (κ2) is 10.5. The number of rotatable bonds is 5. The molecule has 7 heteroatoms. The maximum atomic E-state index is 6.20. The van der Waals surface area contributed by atoms with E-state index in [9.17, 15) is 0 Å². The zero-order valence-electron chi connectivity index (χ0n) is 16.0. The van der Waals surface area contributed by atoms with Crippen LogP contribution in [-0.4, -0.2) is 40.6 Å². The SMILES string of the molecule is CNC1CCCN(Cc2nc3cc(Cl)ccc3n2Cc2ccccc2)C1.Cl.Cl. The fourth-order valence-corrected chi connectivity index (χ4v) is 4.02. The third kappa shape index (κ3) is 5.19. The summed E-state index contributed by atoms with van der Waals surface area (Å²) in [6.07, 6.45) is 2.49. The van der Waals surface area contributed by atoms with E-state index in [4.69, 9.17) is 16.6 Å². The highest BCUT2D eigenvalue weighted by atomic mass is 35.5. The van der Waals surface area contributed by atoms with E-state index < -0.39 is 0 Å². The van der Waals surface area contributed by atoms with Crippen molar-refractivity contribution in [2.45, 2.75) is 32.0 Å². The number of halogens is 3. The average Bonchev–Trinajstić information content (AvgIpc) is 2.99. The molecule has 1 unspecified atom stereocenters. The van der Waals surface area contributed by atoms with Crippen LogP contribution in [0, 0.1) is 0 Å². The largest absolute Gasteiger partial charge is 0.322 e. The molecule has 0 amide bonds. The lowest BCUT2D eigenvalue weighted by Gasteiger charge is -2.32. The maximum absolute atomic E-state index is 6.20. The van der Waals surface area contributed by atoms with Gasteiger partial charge in [0.05, 0.1) is 17.6 Å². The van der Waals surface area contributed by atoms with Crippen molar-refractivity contribution in [2.75, 3.05) is 20.1 Å². The lowest BCUT2D eigenvalue weighted by molar-refractivity contribution is 0.182. The van der Waals surface area contributed by atoms with Gasteiger partial charge in [0.1, 0.15) is 5.82 Å². The number of aromatic nitrogens is 2. The smallest absolute Gasteiger partial charge is 0.124 e. The van der Waals surface area contributed by atoms with E-state index in [2.05, 4.69) is 58.2 Å². The number of fused-ring (bicyclic) bond motifs is 1. The molecule has 1 fully saturated rings. The van der Waals surface area contributed by atoms with Crippen LogP contribution in [0.25, 0.3) is 11.0 Å². The molecule has 0 bridgehead atoms. The molecule has 1 saturated heterocycles. The summed E-state index contributed by atoms with van der Waals surface area (Å²) in [6, 6.07) is 17.2. The van der Waals surface area contributed by atoms with Gasteiger partial charge in [-0.15, -0.1) is 24.8 Å². The van der Waals surface area contributed by atoms with Gasteiger partial charge in [-0.25, -0.2) is 4.98 Å².